The van der Waals surface area contributed by atoms with Gasteiger partial charge in [0.2, 0.25) is 0 Å². The number of nitrogens with one attached hydrogen (secondary N) is 1. The maximum Gasteiger partial charge on any atom is 0.411 e. The second-order valence-electron chi connectivity index (χ2n) is 5.00. The van der Waals surface area contributed by atoms with Crippen LogP contribution in [0.15, 0.2) is 37.1 Å². The van der Waals surface area contributed by atoms with E-state index in [2.05, 4.69) is 48.2 Å². The van der Waals surface area contributed by atoms with E-state index in [9.17, 15) is 13.2 Å². The third-order valence-electron chi connectivity index (χ3n) is 3.16. The van der Waals surface area contributed by atoms with Gasteiger partial charge < -0.3 is 20.7 Å². The molecule has 0 saturated carbocycles. The number of halogens is 3. The van der Waals surface area contributed by atoms with Crippen LogP contribution in [0.5, 0.6) is 0 Å². The molecule has 1 unspecified atom stereocenters. The summed E-state index contributed by atoms with van der Waals surface area (Å²) in [6.45, 7) is 15.8. The van der Waals surface area contributed by atoms with Crippen LogP contribution < -0.4 is 11.1 Å². The molecule has 1 aliphatic heterocycles. The van der Waals surface area contributed by atoms with Gasteiger partial charge in [-0.15, -0.1) is 13.2 Å². The van der Waals surface area contributed by atoms with Crippen molar-refractivity contribution in [2.24, 2.45) is 5.73 Å². The summed E-state index contributed by atoms with van der Waals surface area (Å²) in [5, 5.41) is 3.20. The Morgan fingerprint density at radius 1 is 1.23 bits per heavy atom. The standard InChI is InChI=1S/C11H19F3N2O.C5H10.C2H4.CH5N/c1-3-10(16-6-4-15-5-7-16)9(2)17-8-11(12,13)14;1-3-5-4-2;2*1-2/h3,9,15H,4-8H2,1-2H3;3,5H,4H2,1-2H3;1-2H2;2H2,1H3/b10-3+;5-3-;;. The molecule has 1 fully saturated rings. The minimum Gasteiger partial charge on any atom is -0.370 e. The first-order valence-electron chi connectivity index (χ1n) is 8.84. The monoisotopic (exact) mass is 381 g/mol. The Bertz CT molecular complexity index is 352. The van der Waals surface area contributed by atoms with Crippen molar-refractivity contribution in [3.8, 4) is 0 Å². The van der Waals surface area contributed by atoms with Crippen molar-refractivity contribution < 1.29 is 17.9 Å². The molecule has 26 heavy (non-hydrogen) atoms. The van der Waals surface area contributed by atoms with Gasteiger partial charge in [0.15, 0.2) is 0 Å². The summed E-state index contributed by atoms with van der Waals surface area (Å²) < 4.78 is 41.0. The SMILES string of the molecule is C/C=C(\C(C)OCC(F)(F)F)N1CCNCC1.C/C=C\CC.C=C.CN. The van der Waals surface area contributed by atoms with Crippen LogP contribution in [-0.2, 0) is 4.74 Å². The van der Waals surface area contributed by atoms with Crippen molar-refractivity contribution in [2.45, 2.75) is 46.4 Å². The van der Waals surface area contributed by atoms with Gasteiger partial charge in [-0.1, -0.05) is 25.2 Å². The predicted molar refractivity (Wildman–Crippen MR) is 106 cm³/mol. The van der Waals surface area contributed by atoms with Crippen LogP contribution >= 0.6 is 0 Å². The lowest BCUT2D eigenvalue weighted by molar-refractivity contribution is -0.181. The van der Waals surface area contributed by atoms with Crippen molar-refractivity contribution in [3.05, 3.63) is 37.1 Å². The summed E-state index contributed by atoms with van der Waals surface area (Å²) in [4.78, 5) is 2.07. The summed E-state index contributed by atoms with van der Waals surface area (Å²) in [5.74, 6) is 0. The highest BCUT2D eigenvalue weighted by atomic mass is 19.4. The number of alkyl halides is 3. The second-order valence-corrected chi connectivity index (χ2v) is 5.00. The summed E-state index contributed by atoms with van der Waals surface area (Å²) in [7, 11) is 1.50. The number of hydrogen-bond acceptors (Lipinski definition) is 4. The quantitative estimate of drug-likeness (QED) is 0.704. The lowest BCUT2D eigenvalue weighted by Gasteiger charge is -2.34. The van der Waals surface area contributed by atoms with E-state index in [1.165, 1.54) is 7.05 Å². The average molecular weight is 382 g/mol. The fourth-order valence-electron chi connectivity index (χ4n) is 2.14. The zero-order valence-electron chi connectivity index (χ0n) is 17.0. The maximum atomic E-state index is 12.1. The number of ether oxygens (including phenoxy) is 1. The van der Waals surface area contributed by atoms with Crippen LogP contribution in [0.3, 0.4) is 0 Å². The first-order valence-corrected chi connectivity index (χ1v) is 8.84. The maximum absolute atomic E-state index is 12.1. The fourth-order valence-corrected chi connectivity index (χ4v) is 2.14. The molecular weight excluding hydrogens is 343 g/mol. The Morgan fingerprint density at radius 2 is 1.73 bits per heavy atom. The summed E-state index contributed by atoms with van der Waals surface area (Å²) >= 11 is 0. The fraction of sp³-hybridized carbons (Fsp3) is 0.684. The van der Waals surface area contributed by atoms with Gasteiger partial charge in [0.1, 0.15) is 6.61 Å². The number of hydrogen-bond donors (Lipinski definition) is 2. The van der Waals surface area contributed by atoms with Crippen LogP contribution in [-0.4, -0.2) is 57.0 Å². The van der Waals surface area contributed by atoms with Gasteiger partial charge in [-0.2, -0.15) is 13.2 Å². The molecule has 0 aromatic rings. The molecule has 0 aliphatic carbocycles. The van der Waals surface area contributed by atoms with Gasteiger partial charge >= 0.3 is 6.18 Å². The molecule has 0 bridgehead atoms. The van der Waals surface area contributed by atoms with Crippen LogP contribution in [0.4, 0.5) is 13.2 Å². The van der Waals surface area contributed by atoms with Crippen LogP contribution in [0.25, 0.3) is 0 Å². The molecule has 0 radical (unpaired) electrons. The second kappa shape index (κ2) is 20.0. The average Bonchev–Trinajstić information content (AvgIpc) is 2.65. The van der Waals surface area contributed by atoms with Crippen molar-refractivity contribution in [2.75, 3.05) is 39.8 Å². The first-order chi connectivity index (χ1) is 12.4. The van der Waals surface area contributed by atoms with Crippen molar-refractivity contribution in [1.82, 2.24) is 10.2 Å². The van der Waals surface area contributed by atoms with E-state index in [1.807, 2.05) is 19.9 Å². The Labute approximate surface area is 158 Å². The Hall–Kier alpha value is -1.31. The van der Waals surface area contributed by atoms with Gasteiger partial charge in [0, 0.05) is 31.9 Å². The summed E-state index contributed by atoms with van der Waals surface area (Å²) in [6.07, 6.45) is 2.37. The lowest BCUT2D eigenvalue weighted by Crippen LogP contribution is -2.45. The summed E-state index contributed by atoms with van der Waals surface area (Å²) in [5.41, 5.74) is 5.33. The first kappa shape index (κ1) is 29.5. The van der Waals surface area contributed by atoms with E-state index < -0.39 is 18.9 Å². The van der Waals surface area contributed by atoms with Crippen LogP contribution in [0, 0.1) is 0 Å². The zero-order valence-corrected chi connectivity index (χ0v) is 17.0. The molecular formula is C19H38F3N3O. The molecule has 156 valence electrons. The highest BCUT2D eigenvalue weighted by molar-refractivity contribution is 5.06. The van der Waals surface area contributed by atoms with Crippen molar-refractivity contribution in [1.29, 1.82) is 0 Å². The molecule has 1 aliphatic rings. The molecule has 0 aromatic carbocycles. The minimum atomic E-state index is -4.27. The third-order valence-corrected chi connectivity index (χ3v) is 3.16. The smallest absolute Gasteiger partial charge is 0.370 e. The van der Waals surface area contributed by atoms with Gasteiger partial charge in [0.05, 0.1) is 6.10 Å². The minimum absolute atomic E-state index is 0.528. The topological polar surface area (TPSA) is 50.5 Å². The van der Waals surface area contributed by atoms with Crippen molar-refractivity contribution in [3.63, 3.8) is 0 Å². The molecule has 4 nitrogen and oxygen atoms in total. The number of nitrogens with zero attached hydrogens (tertiary/aromatic N) is 1. The third kappa shape index (κ3) is 17.5. The Balaban J connectivity index is -0.000000497. The highest BCUT2D eigenvalue weighted by Gasteiger charge is 2.29. The van der Waals surface area contributed by atoms with Crippen LogP contribution in [0.2, 0.25) is 0 Å². The predicted octanol–water partition coefficient (Wildman–Crippen LogP) is 4.11. The molecule has 1 heterocycles. The van der Waals surface area contributed by atoms with E-state index in [-0.39, 0.29) is 0 Å². The molecule has 1 rings (SSSR count). The molecule has 0 amide bonds. The van der Waals surface area contributed by atoms with Gasteiger partial charge in [-0.3, -0.25) is 0 Å². The molecule has 1 atom stereocenters. The van der Waals surface area contributed by atoms with E-state index in [0.29, 0.717) is 0 Å². The normalized spacial score (nSPS) is 15.7. The van der Waals surface area contributed by atoms with Crippen molar-refractivity contribution >= 4 is 0 Å². The number of rotatable bonds is 5. The number of allylic oxidation sites excluding steroid dienone is 3. The number of piperazine rings is 1. The van der Waals surface area contributed by atoms with Gasteiger partial charge in [0.25, 0.3) is 0 Å². The molecule has 3 N–H and O–H groups in total. The van der Waals surface area contributed by atoms with Gasteiger partial charge in [-0.25, -0.2) is 0 Å². The molecule has 0 aromatic heterocycles. The van der Waals surface area contributed by atoms with E-state index in [4.69, 9.17) is 4.74 Å². The van der Waals surface area contributed by atoms with E-state index in [0.717, 1.165) is 38.3 Å². The highest BCUT2D eigenvalue weighted by Crippen LogP contribution is 2.19. The van der Waals surface area contributed by atoms with Crippen LogP contribution in [0.1, 0.15) is 34.1 Å². The summed E-state index contributed by atoms with van der Waals surface area (Å²) in [6, 6.07) is 0. The van der Waals surface area contributed by atoms with Gasteiger partial charge in [-0.05, 0) is 34.2 Å². The molecule has 0 spiro atoms. The Kier molecular flexibility index (Phi) is 22.7. The van der Waals surface area contributed by atoms with E-state index >= 15 is 0 Å². The zero-order chi connectivity index (χ0) is 21.0. The molecule has 7 heteroatoms. The largest absolute Gasteiger partial charge is 0.411 e. The Morgan fingerprint density at radius 3 is 2.04 bits per heavy atom. The molecule has 1 saturated heterocycles. The number of nitrogens with two attached hydrogens (primary N) is 1. The lowest BCUT2D eigenvalue weighted by atomic mass is 10.2. The van der Waals surface area contributed by atoms with E-state index in [1.54, 1.807) is 6.92 Å².